The van der Waals surface area contributed by atoms with Crippen molar-refractivity contribution in [2.45, 2.75) is 0 Å². The molecule has 0 saturated carbocycles. The molecule has 1 aromatic rings. The SMILES string of the molecule is COCCONC(=O)CNC(=O)c1ccccc1F. The smallest absolute Gasteiger partial charge is 0.262 e. The van der Waals surface area contributed by atoms with Crippen LogP contribution in [-0.2, 0) is 14.4 Å². The van der Waals surface area contributed by atoms with Crippen molar-refractivity contribution in [2.75, 3.05) is 26.9 Å². The number of rotatable bonds is 7. The number of methoxy groups -OCH3 is 1. The molecule has 2 N–H and O–H groups in total. The van der Waals surface area contributed by atoms with Crippen LogP contribution < -0.4 is 10.8 Å². The average molecular weight is 270 g/mol. The molecule has 0 aliphatic rings. The first kappa shape index (κ1) is 15.1. The summed E-state index contributed by atoms with van der Waals surface area (Å²) >= 11 is 0. The van der Waals surface area contributed by atoms with Crippen LogP contribution in [0.1, 0.15) is 10.4 Å². The summed E-state index contributed by atoms with van der Waals surface area (Å²) < 4.78 is 18.0. The van der Waals surface area contributed by atoms with E-state index in [0.29, 0.717) is 6.61 Å². The Balaban J connectivity index is 2.30. The highest BCUT2D eigenvalue weighted by Crippen LogP contribution is 2.05. The monoisotopic (exact) mass is 270 g/mol. The first-order valence-electron chi connectivity index (χ1n) is 5.57. The van der Waals surface area contributed by atoms with Crippen LogP contribution in [0.5, 0.6) is 0 Å². The minimum atomic E-state index is -0.662. The number of ether oxygens (including phenoxy) is 1. The van der Waals surface area contributed by atoms with Crippen molar-refractivity contribution in [1.29, 1.82) is 0 Å². The van der Waals surface area contributed by atoms with E-state index in [4.69, 9.17) is 9.57 Å². The number of carbonyl (C=O) groups is 2. The molecule has 6 nitrogen and oxygen atoms in total. The molecule has 0 unspecified atom stereocenters. The fourth-order valence-electron chi connectivity index (χ4n) is 1.19. The van der Waals surface area contributed by atoms with Gasteiger partial charge in [-0.25, -0.2) is 9.87 Å². The van der Waals surface area contributed by atoms with Crippen molar-refractivity contribution in [2.24, 2.45) is 0 Å². The Morgan fingerprint density at radius 1 is 1.26 bits per heavy atom. The Hall–Kier alpha value is -1.99. The van der Waals surface area contributed by atoms with Gasteiger partial charge in [-0.15, -0.1) is 0 Å². The Bertz CT molecular complexity index is 439. The van der Waals surface area contributed by atoms with E-state index in [2.05, 4.69) is 10.8 Å². The molecule has 2 amide bonds. The van der Waals surface area contributed by atoms with Crippen molar-refractivity contribution in [3.05, 3.63) is 35.6 Å². The van der Waals surface area contributed by atoms with E-state index in [9.17, 15) is 14.0 Å². The van der Waals surface area contributed by atoms with Gasteiger partial charge in [0, 0.05) is 7.11 Å². The van der Waals surface area contributed by atoms with Gasteiger partial charge in [-0.05, 0) is 12.1 Å². The molecule has 0 aliphatic carbocycles. The summed E-state index contributed by atoms with van der Waals surface area (Å²) in [6.07, 6.45) is 0. The number of hydrogen-bond acceptors (Lipinski definition) is 4. The summed E-state index contributed by atoms with van der Waals surface area (Å²) in [5.41, 5.74) is 2.00. The van der Waals surface area contributed by atoms with Gasteiger partial charge < -0.3 is 10.1 Å². The topological polar surface area (TPSA) is 76.7 Å². The van der Waals surface area contributed by atoms with E-state index in [1.165, 1.54) is 31.4 Å². The predicted molar refractivity (Wildman–Crippen MR) is 64.7 cm³/mol. The summed E-state index contributed by atoms with van der Waals surface area (Å²) in [6.45, 7) is 0.228. The van der Waals surface area contributed by atoms with E-state index in [1.54, 1.807) is 0 Å². The lowest BCUT2D eigenvalue weighted by Crippen LogP contribution is -2.37. The molecule has 0 spiro atoms. The largest absolute Gasteiger partial charge is 0.382 e. The predicted octanol–water partition coefficient (Wildman–Crippen LogP) is 0.250. The molecule has 0 bridgehead atoms. The highest BCUT2D eigenvalue weighted by molar-refractivity contribution is 5.96. The van der Waals surface area contributed by atoms with E-state index in [0.717, 1.165) is 0 Å². The number of benzene rings is 1. The minimum Gasteiger partial charge on any atom is -0.382 e. The lowest BCUT2D eigenvalue weighted by Gasteiger charge is -2.07. The first-order valence-corrected chi connectivity index (χ1v) is 5.57. The fraction of sp³-hybridized carbons (Fsp3) is 0.333. The van der Waals surface area contributed by atoms with Gasteiger partial charge >= 0.3 is 0 Å². The van der Waals surface area contributed by atoms with Gasteiger partial charge in [-0.2, -0.15) is 0 Å². The second kappa shape index (κ2) is 8.17. The van der Waals surface area contributed by atoms with Crippen molar-refractivity contribution < 1.29 is 23.6 Å². The number of nitrogens with one attached hydrogen (secondary N) is 2. The number of hydrogen-bond donors (Lipinski definition) is 2. The molecule has 104 valence electrons. The van der Waals surface area contributed by atoms with Gasteiger partial charge in [-0.3, -0.25) is 14.4 Å². The van der Waals surface area contributed by atoms with Crippen molar-refractivity contribution >= 4 is 11.8 Å². The Morgan fingerprint density at radius 2 is 2.00 bits per heavy atom. The standard InChI is InChI=1S/C12H15FN2O4/c1-18-6-7-19-15-11(16)8-14-12(17)9-4-2-3-5-10(9)13/h2-5H,6-8H2,1H3,(H,14,17)(H,15,16). The van der Waals surface area contributed by atoms with E-state index < -0.39 is 17.6 Å². The van der Waals surface area contributed by atoms with Crippen LogP contribution in [0.4, 0.5) is 4.39 Å². The number of halogens is 1. The molecule has 1 rings (SSSR count). The zero-order valence-corrected chi connectivity index (χ0v) is 10.4. The Kier molecular flexibility index (Phi) is 6.48. The molecule has 0 fully saturated rings. The zero-order chi connectivity index (χ0) is 14.1. The highest BCUT2D eigenvalue weighted by atomic mass is 19.1. The molecular formula is C12H15FN2O4. The Morgan fingerprint density at radius 3 is 2.68 bits per heavy atom. The van der Waals surface area contributed by atoms with E-state index >= 15 is 0 Å². The molecule has 0 aromatic heterocycles. The second-order valence-electron chi connectivity index (χ2n) is 3.53. The normalized spacial score (nSPS) is 10.0. The molecule has 0 atom stereocenters. The van der Waals surface area contributed by atoms with Gasteiger partial charge in [0.1, 0.15) is 5.82 Å². The first-order chi connectivity index (χ1) is 9.15. The van der Waals surface area contributed by atoms with Gasteiger partial charge in [-0.1, -0.05) is 12.1 Å². The third-order valence-electron chi connectivity index (χ3n) is 2.10. The maximum atomic E-state index is 13.3. The van der Waals surface area contributed by atoms with Gasteiger partial charge in [0.15, 0.2) is 0 Å². The summed E-state index contributed by atoms with van der Waals surface area (Å²) in [4.78, 5) is 27.5. The van der Waals surface area contributed by atoms with Crippen molar-refractivity contribution in [3.8, 4) is 0 Å². The van der Waals surface area contributed by atoms with Crippen molar-refractivity contribution in [1.82, 2.24) is 10.8 Å². The minimum absolute atomic E-state index is 0.115. The summed E-state index contributed by atoms with van der Waals surface area (Å²) in [7, 11) is 1.50. The van der Waals surface area contributed by atoms with Gasteiger partial charge in [0.05, 0.1) is 25.3 Å². The average Bonchev–Trinajstić information content (AvgIpc) is 2.41. The summed E-state index contributed by atoms with van der Waals surface area (Å²) in [5, 5.41) is 2.28. The number of amides is 2. The van der Waals surface area contributed by atoms with Crippen LogP contribution in [0.15, 0.2) is 24.3 Å². The third-order valence-corrected chi connectivity index (χ3v) is 2.10. The molecule has 0 radical (unpaired) electrons. The highest BCUT2D eigenvalue weighted by Gasteiger charge is 2.11. The molecule has 0 saturated heterocycles. The lowest BCUT2D eigenvalue weighted by molar-refractivity contribution is -0.133. The van der Waals surface area contributed by atoms with Crippen LogP contribution >= 0.6 is 0 Å². The van der Waals surface area contributed by atoms with E-state index in [-0.39, 0.29) is 18.7 Å². The number of hydroxylamine groups is 1. The molecule has 0 heterocycles. The molecule has 7 heteroatoms. The maximum Gasteiger partial charge on any atom is 0.262 e. The fourth-order valence-corrected chi connectivity index (χ4v) is 1.19. The lowest BCUT2D eigenvalue weighted by atomic mass is 10.2. The van der Waals surface area contributed by atoms with E-state index in [1.807, 2.05) is 0 Å². The Labute approximate surface area is 109 Å². The molecular weight excluding hydrogens is 255 g/mol. The zero-order valence-electron chi connectivity index (χ0n) is 10.4. The van der Waals surface area contributed by atoms with Crippen LogP contribution in [0.2, 0.25) is 0 Å². The molecule has 0 aliphatic heterocycles. The third kappa shape index (κ3) is 5.45. The van der Waals surface area contributed by atoms with Crippen LogP contribution in [0.25, 0.3) is 0 Å². The molecule has 19 heavy (non-hydrogen) atoms. The van der Waals surface area contributed by atoms with Crippen LogP contribution in [0, 0.1) is 5.82 Å². The summed E-state index contributed by atoms with van der Waals surface area (Å²) in [6, 6.07) is 5.51. The number of carbonyl (C=O) groups excluding carboxylic acids is 2. The van der Waals surface area contributed by atoms with Crippen molar-refractivity contribution in [3.63, 3.8) is 0 Å². The quantitative estimate of drug-likeness (QED) is 0.550. The molecule has 1 aromatic carbocycles. The van der Waals surface area contributed by atoms with Gasteiger partial charge in [0.2, 0.25) is 0 Å². The van der Waals surface area contributed by atoms with Crippen LogP contribution in [-0.4, -0.2) is 38.7 Å². The second-order valence-corrected chi connectivity index (χ2v) is 3.53. The van der Waals surface area contributed by atoms with Crippen LogP contribution in [0.3, 0.4) is 0 Å². The maximum absolute atomic E-state index is 13.3. The van der Waals surface area contributed by atoms with Gasteiger partial charge in [0.25, 0.3) is 11.8 Å². The summed E-state index contributed by atoms with van der Waals surface area (Å²) in [5.74, 6) is -1.84.